The molecule has 1 atom stereocenters. The Morgan fingerprint density at radius 3 is 2.46 bits per heavy atom. The minimum Gasteiger partial charge on any atom is -0.459 e. The molecule has 140 valence electrons. The number of hydrogen-bond acceptors (Lipinski definition) is 3. The van der Waals surface area contributed by atoms with Crippen LogP contribution in [0.1, 0.15) is 63.5 Å². The first kappa shape index (κ1) is 18.4. The maximum Gasteiger partial charge on any atom is 0.338 e. The van der Waals surface area contributed by atoms with Gasteiger partial charge in [-0.3, -0.25) is 0 Å². The van der Waals surface area contributed by atoms with E-state index in [4.69, 9.17) is 4.74 Å². The number of benzene rings is 1. The largest absolute Gasteiger partial charge is 0.459 e. The average Bonchev–Trinajstić information content (AvgIpc) is 2.56. The van der Waals surface area contributed by atoms with Gasteiger partial charge in [-0.25, -0.2) is 14.0 Å². The Morgan fingerprint density at radius 2 is 1.77 bits per heavy atom. The van der Waals surface area contributed by atoms with Crippen LogP contribution in [0.2, 0.25) is 0 Å². The summed E-state index contributed by atoms with van der Waals surface area (Å²) in [7, 11) is 0. The SMILES string of the molecule is CC1=C(C(=O)OC2CCCCCCC2)C(c2ccccc2F)NC(=O)N1. The van der Waals surface area contributed by atoms with Crippen molar-refractivity contribution in [2.24, 2.45) is 0 Å². The van der Waals surface area contributed by atoms with Gasteiger partial charge in [-0.15, -0.1) is 0 Å². The lowest BCUT2D eigenvalue weighted by molar-refractivity contribution is -0.145. The summed E-state index contributed by atoms with van der Waals surface area (Å²) in [4.78, 5) is 24.8. The highest BCUT2D eigenvalue weighted by Gasteiger charge is 2.34. The van der Waals surface area contributed by atoms with Crippen molar-refractivity contribution in [2.75, 3.05) is 0 Å². The lowest BCUT2D eigenvalue weighted by atomic mass is 9.94. The number of hydrogen-bond donors (Lipinski definition) is 2. The molecular weight excluding hydrogens is 335 g/mol. The Kier molecular flexibility index (Phi) is 5.91. The number of carbonyl (C=O) groups is 2. The second-order valence-corrected chi connectivity index (χ2v) is 6.96. The molecule has 0 saturated heterocycles. The van der Waals surface area contributed by atoms with Gasteiger partial charge in [-0.2, -0.15) is 0 Å². The molecule has 0 radical (unpaired) electrons. The summed E-state index contributed by atoms with van der Waals surface area (Å²) >= 11 is 0. The smallest absolute Gasteiger partial charge is 0.338 e. The molecular formula is C20H25FN2O3. The van der Waals surface area contributed by atoms with Crippen LogP contribution >= 0.6 is 0 Å². The first-order chi connectivity index (χ1) is 12.6. The van der Waals surface area contributed by atoms with E-state index in [1.807, 2.05) is 0 Å². The van der Waals surface area contributed by atoms with Crippen LogP contribution in [0.5, 0.6) is 0 Å². The standard InChI is InChI=1S/C20H25FN2O3/c1-13-17(19(24)26-14-9-5-3-2-4-6-10-14)18(23-20(25)22-13)15-11-7-8-12-16(15)21/h7-8,11-12,14,18H,2-6,9-10H2,1H3,(H2,22,23,25). The zero-order valence-electron chi connectivity index (χ0n) is 15.0. The van der Waals surface area contributed by atoms with Crippen molar-refractivity contribution in [3.05, 3.63) is 46.9 Å². The van der Waals surface area contributed by atoms with E-state index in [1.165, 1.54) is 12.5 Å². The fourth-order valence-electron chi connectivity index (χ4n) is 3.66. The van der Waals surface area contributed by atoms with E-state index in [2.05, 4.69) is 10.6 Å². The number of rotatable bonds is 3. The molecule has 5 nitrogen and oxygen atoms in total. The normalized spacial score (nSPS) is 22.1. The van der Waals surface area contributed by atoms with Gasteiger partial charge in [-0.1, -0.05) is 37.5 Å². The van der Waals surface area contributed by atoms with Gasteiger partial charge >= 0.3 is 12.0 Å². The third-order valence-electron chi connectivity index (χ3n) is 5.03. The van der Waals surface area contributed by atoms with E-state index in [0.29, 0.717) is 5.70 Å². The highest BCUT2D eigenvalue weighted by atomic mass is 19.1. The lowest BCUT2D eigenvalue weighted by Crippen LogP contribution is -2.46. The fourth-order valence-corrected chi connectivity index (χ4v) is 3.66. The van der Waals surface area contributed by atoms with Crippen molar-refractivity contribution in [3.63, 3.8) is 0 Å². The second-order valence-electron chi connectivity index (χ2n) is 6.96. The number of nitrogens with one attached hydrogen (secondary N) is 2. The van der Waals surface area contributed by atoms with Gasteiger partial charge < -0.3 is 15.4 Å². The van der Waals surface area contributed by atoms with Gasteiger partial charge in [-0.05, 0) is 38.7 Å². The Bertz CT molecular complexity index is 709. The quantitative estimate of drug-likeness (QED) is 0.797. The Balaban J connectivity index is 1.83. The molecule has 6 heteroatoms. The van der Waals surface area contributed by atoms with E-state index in [0.717, 1.165) is 38.5 Å². The summed E-state index contributed by atoms with van der Waals surface area (Å²) in [5.74, 6) is -0.961. The third kappa shape index (κ3) is 4.23. The van der Waals surface area contributed by atoms with Crippen LogP contribution in [0, 0.1) is 5.82 Å². The zero-order chi connectivity index (χ0) is 18.5. The van der Waals surface area contributed by atoms with Crippen LogP contribution in [0.25, 0.3) is 0 Å². The third-order valence-corrected chi connectivity index (χ3v) is 5.03. The highest BCUT2D eigenvalue weighted by Crippen LogP contribution is 2.30. The number of amides is 2. The van der Waals surface area contributed by atoms with Crippen molar-refractivity contribution in [1.29, 1.82) is 0 Å². The number of urea groups is 1. The van der Waals surface area contributed by atoms with Gasteiger partial charge in [0.1, 0.15) is 11.9 Å². The van der Waals surface area contributed by atoms with Crippen LogP contribution in [0.3, 0.4) is 0 Å². The molecule has 1 aromatic rings. The molecule has 1 heterocycles. The molecule has 0 aromatic heterocycles. The monoisotopic (exact) mass is 360 g/mol. The van der Waals surface area contributed by atoms with E-state index >= 15 is 0 Å². The number of esters is 1. The molecule has 2 aliphatic rings. The molecule has 2 N–H and O–H groups in total. The maximum atomic E-state index is 14.3. The summed E-state index contributed by atoms with van der Waals surface area (Å²) in [6.07, 6.45) is 7.21. The fraction of sp³-hybridized carbons (Fsp3) is 0.500. The summed E-state index contributed by atoms with van der Waals surface area (Å²) in [6, 6.07) is 4.83. The number of allylic oxidation sites excluding steroid dienone is 1. The summed E-state index contributed by atoms with van der Waals surface area (Å²) in [5, 5.41) is 5.24. The Hall–Kier alpha value is -2.37. The molecule has 1 unspecified atom stereocenters. The van der Waals surface area contributed by atoms with Gasteiger partial charge in [0, 0.05) is 11.3 Å². The number of ether oxygens (including phenoxy) is 1. The van der Waals surface area contributed by atoms with Crippen LogP contribution in [0.4, 0.5) is 9.18 Å². The molecule has 1 aromatic carbocycles. The van der Waals surface area contributed by atoms with Gasteiger partial charge in [0.15, 0.2) is 0 Å². The maximum absolute atomic E-state index is 14.3. The highest BCUT2D eigenvalue weighted by molar-refractivity contribution is 5.95. The molecule has 26 heavy (non-hydrogen) atoms. The molecule has 1 aliphatic heterocycles. The second kappa shape index (κ2) is 8.34. The van der Waals surface area contributed by atoms with E-state index in [9.17, 15) is 14.0 Å². The topological polar surface area (TPSA) is 67.4 Å². The number of halogens is 1. The van der Waals surface area contributed by atoms with Crippen molar-refractivity contribution in [3.8, 4) is 0 Å². The van der Waals surface area contributed by atoms with Crippen LogP contribution in [0.15, 0.2) is 35.5 Å². The number of carbonyl (C=O) groups excluding carboxylic acids is 2. The summed E-state index contributed by atoms with van der Waals surface area (Å²) < 4.78 is 20.0. The van der Waals surface area contributed by atoms with E-state index < -0.39 is 23.9 Å². The molecule has 1 saturated carbocycles. The predicted molar refractivity (Wildman–Crippen MR) is 95.7 cm³/mol. The molecule has 3 rings (SSSR count). The zero-order valence-corrected chi connectivity index (χ0v) is 15.0. The molecule has 2 amide bonds. The van der Waals surface area contributed by atoms with E-state index in [1.54, 1.807) is 25.1 Å². The average molecular weight is 360 g/mol. The van der Waals surface area contributed by atoms with Crippen LogP contribution in [-0.2, 0) is 9.53 Å². The van der Waals surface area contributed by atoms with Crippen molar-refractivity contribution in [2.45, 2.75) is 64.0 Å². The Labute approximate surface area is 153 Å². The van der Waals surface area contributed by atoms with Gasteiger partial charge in [0.05, 0.1) is 11.6 Å². The van der Waals surface area contributed by atoms with Crippen LogP contribution < -0.4 is 10.6 Å². The molecule has 1 aliphatic carbocycles. The van der Waals surface area contributed by atoms with E-state index in [-0.39, 0.29) is 17.2 Å². The van der Waals surface area contributed by atoms with Crippen molar-refractivity contribution in [1.82, 2.24) is 10.6 Å². The Morgan fingerprint density at radius 1 is 1.12 bits per heavy atom. The van der Waals surface area contributed by atoms with Gasteiger partial charge in [0.2, 0.25) is 0 Å². The molecule has 0 spiro atoms. The minimum atomic E-state index is -0.856. The summed E-state index contributed by atoms with van der Waals surface area (Å²) in [5.41, 5.74) is 0.918. The van der Waals surface area contributed by atoms with Gasteiger partial charge in [0.25, 0.3) is 0 Å². The van der Waals surface area contributed by atoms with Crippen molar-refractivity contribution < 1.29 is 18.7 Å². The molecule has 0 bridgehead atoms. The lowest BCUT2D eigenvalue weighted by Gasteiger charge is -2.29. The predicted octanol–water partition coefficient (Wildman–Crippen LogP) is 4.11. The minimum absolute atomic E-state index is 0.123. The molecule has 1 fully saturated rings. The van der Waals surface area contributed by atoms with Crippen LogP contribution in [-0.4, -0.2) is 18.1 Å². The summed E-state index contributed by atoms with van der Waals surface area (Å²) in [6.45, 7) is 1.64. The van der Waals surface area contributed by atoms with Crippen molar-refractivity contribution >= 4 is 12.0 Å². The first-order valence-corrected chi connectivity index (χ1v) is 9.30. The first-order valence-electron chi connectivity index (χ1n) is 9.30.